The van der Waals surface area contributed by atoms with Gasteiger partial charge in [-0.25, -0.2) is 0 Å². The van der Waals surface area contributed by atoms with Gasteiger partial charge < -0.3 is 20.3 Å². The summed E-state index contributed by atoms with van der Waals surface area (Å²) >= 11 is 0. The Hall–Kier alpha value is -1.63. The number of amidine groups is 1. The van der Waals surface area contributed by atoms with E-state index in [0.717, 1.165) is 17.9 Å². The van der Waals surface area contributed by atoms with Crippen LogP contribution in [0.25, 0.3) is 0 Å². The third kappa shape index (κ3) is 3.47. The van der Waals surface area contributed by atoms with Crippen LogP contribution in [-0.2, 0) is 11.3 Å². The second-order valence-corrected chi connectivity index (χ2v) is 4.85. The van der Waals surface area contributed by atoms with Crippen LogP contribution in [0.2, 0.25) is 0 Å². The predicted octanol–water partition coefficient (Wildman–Crippen LogP) is 0.172. The van der Waals surface area contributed by atoms with E-state index < -0.39 is 0 Å². The molecular weight excluding hydrogens is 258 g/mol. The van der Waals surface area contributed by atoms with E-state index in [0.29, 0.717) is 25.3 Å². The summed E-state index contributed by atoms with van der Waals surface area (Å²) < 4.78 is 10.8. The number of nitrogens with two attached hydrogens (primary N) is 1. The number of morpholine rings is 1. The quantitative estimate of drug-likeness (QED) is 0.528. The van der Waals surface area contributed by atoms with Gasteiger partial charge in [0.2, 0.25) is 0 Å². The highest BCUT2D eigenvalue weighted by atomic mass is 16.5. The Morgan fingerprint density at radius 3 is 3.05 bits per heavy atom. The number of hydrogen-bond acceptors (Lipinski definition) is 5. The Morgan fingerprint density at radius 2 is 2.40 bits per heavy atom. The number of ether oxygens (including phenoxy) is 2. The second kappa shape index (κ2) is 6.69. The van der Waals surface area contributed by atoms with Crippen molar-refractivity contribution in [2.24, 2.45) is 5.73 Å². The third-order valence-corrected chi connectivity index (χ3v) is 3.41. The van der Waals surface area contributed by atoms with Gasteiger partial charge in [0.1, 0.15) is 11.6 Å². The molecule has 110 valence electrons. The van der Waals surface area contributed by atoms with Crippen LogP contribution < -0.4 is 10.5 Å². The molecule has 1 aliphatic heterocycles. The molecule has 1 unspecified atom stereocenters. The maximum atomic E-state index is 9.17. The van der Waals surface area contributed by atoms with Gasteiger partial charge in [0.15, 0.2) is 0 Å². The number of aliphatic hydroxyl groups excluding tert-OH is 1. The van der Waals surface area contributed by atoms with Gasteiger partial charge in [0.05, 0.1) is 26.4 Å². The lowest BCUT2D eigenvalue weighted by Gasteiger charge is -2.32. The van der Waals surface area contributed by atoms with E-state index in [1.54, 1.807) is 13.2 Å². The number of nitrogens with one attached hydrogen (secondary N) is 1. The Labute approximate surface area is 118 Å². The number of nitrogens with zero attached hydrogens (tertiary/aromatic N) is 1. The molecule has 20 heavy (non-hydrogen) atoms. The Kier molecular flexibility index (Phi) is 4.94. The topological polar surface area (TPSA) is 91.8 Å². The highest BCUT2D eigenvalue weighted by molar-refractivity contribution is 5.95. The second-order valence-electron chi connectivity index (χ2n) is 4.85. The first-order chi connectivity index (χ1) is 9.63. The molecule has 1 heterocycles. The number of rotatable bonds is 5. The molecule has 2 rings (SSSR count). The van der Waals surface area contributed by atoms with Gasteiger partial charge in [-0.05, 0) is 18.2 Å². The molecule has 1 aromatic rings. The molecule has 1 fully saturated rings. The maximum absolute atomic E-state index is 9.17. The molecule has 6 heteroatoms. The molecule has 0 radical (unpaired) electrons. The van der Waals surface area contributed by atoms with Crippen LogP contribution in [-0.4, -0.2) is 55.4 Å². The van der Waals surface area contributed by atoms with Crippen LogP contribution in [0.3, 0.4) is 0 Å². The number of hydrogen-bond donors (Lipinski definition) is 3. The van der Waals surface area contributed by atoms with E-state index in [-0.39, 0.29) is 18.5 Å². The smallest absolute Gasteiger partial charge is 0.123 e. The number of benzene rings is 1. The van der Waals surface area contributed by atoms with Crippen LogP contribution in [0.1, 0.15) is 11.1 Å². The molecule has 0 saturated carbocycles. The van der Waals surface area contributed by atoms with Gasteiger partial charge in [-0.2, -0.15) is 0 Å². The zero-order chi connectivity index (χ0) is 14.5. The maximum Gasteiger partial charge on any atom is 0.123 e. The Morgan fingerprint density at radius 1 is 1.60 bits per heavy atom. The number of aliphatic hydroxyl groups is 1. The van der Waals surface area contributed by atoms with Gasteiger partial charge in [0.25, 0.3) is 0 Å². The molecule has 0 aliphatic carbocycles. The monoisotopic (exact) mass is 279 g/mol. The Balaban J connectivity index is 2.14. The van der Waals surface area contributed by atoms with Gasteiger partial charge in [-0.15, -0.1) is 0 Å². The van der Waals surface area contributed by atoms with Gasteiger partial charge in [-0.3, -0.25) is 10.3 Å². The average molecular weight is 279 g/mol. The van der Waals surface area contributed by atoms with Crippen LogP contribution >= 0.6 is 0 Å². The molecular formula is C14H21N3O3. The Bertz CT molecular complexity index is 479. The fraction of sp³-hybridized carbons (Fsp3) is 0.500. The first-order valence-electron chi connectivity index (χ1n) is 6.60. The SMILES string of the molecule is COc1ccc(C(=N)N)cc1CN1CCOC(CO)C1. The third-order valence-electron chi connectivity index (χ3n) is 3.41. The van der Waals surface area contributed by atoms with Gasteiger partial charge in [0, 0.05) is 30.8 Å². The molecule has 1 atom stereocenters. The van der Waals surface area contributed by atoms with E-state index in [9.17, 15) is 5.11 Å². The lowest BCUT2D eigenvalue weighted by Crippen LogP contribution is -2.43. The van der Waals surface area contributed by atoms with Crippen molar-refractivity contribution in [3.05, 3.63) is 29.3 Å². The van der Waals surface area contributed by atoms with Crippen molar-refractivity contribution in [3.8, 4) is 5.75 Å². The number of methoxy groups -OCH3 is 1. The van der Waals surface area contributed by atoms with Crippen molar-refractivity contribution in [1.29, 1.82) is 5.41 Å². The van der Waals surface area contributed by atoms with Crippen molar-refractivity contribution >= 4 is 5.84 Å². The summed E-state index contributed by atoms with van der Waals surface area (Å²) in [5.41, 5.74) is 7.20. The van der Waals surface area contributed by atoms with Crippen molar-refractivity contribution in [2.75, 3.05) is 33.4 Å². The summed E-state index contributed by atoms with van der Waals surface area (Å²) in [5.74, 6) is 0.825. The molecule has 1 saturated heterocycles. The van der Waals surface area contributed by atoms with Crippen molar-refractivity contribution in [2.45, 2.75) is 12.6 Å². The highest BCUT2D eigenvalue weighted by Gasteiger charge is 2.20. The largest absolute Gasteiger partial charge is 0.496 e. The van der Waals surface area contributed by atoms with E-state index in [1.807, 2.05) is 12.1 Å². The molecule has 0 bridgehead atoms. The van der Waals surface area contributed by atoms with Crippen molar-refractivity contribution in [3.63, 3.8) is 0 Å². The zero-order valence-corrected chi connectivity index (χ0v) is 11.6. The van der Waals surface area contributed by atoms with Gasteiger partial charge in [-0.1, -0.05) is 0 Å². The predicted molar refractivity (Wildman–Crippen MR) is 76.1 cm³/mol. The lowest BCUT2D eigenvalue weighted by molar-refractivity contribution is -0.0552. The molecule has 6 nitrogen and oxygen atoms in total. The van der Waals surface area contributed by atoms with Crippen LogP contribution in [0, 0.1) is 5.41 Å². The van der Waals surface area contributed by atoms with E-state index in [1.165, 1.54) is 0 Å². The highest BCUT2D eigenvalue weighted by Crippen LogP contribution is 2.22. The molecule has 1 aliphatic rings. The fourth-order valence-electron chi connectivity index (χ4n) is 2.35. The van der Waals surface area contributed by atoms with E-state index in [4.69, 9.17) is 20.6 Å². The summed E-state index contributed by atoms with van der Waals surface area (Å²) in [6.07, 6.45) is -0.134. The minimum atomic E-state index is -0.134. The van der Waals surface area contributed by atoms with Crippen LogP contribution in [0.4, 0.5) is 0 Å². The minimum Gasteiger partial charge on any atom is -0.496 e. The summed E-state index contributed by atoms with van der Waals surface area (Å²) in [6.45, 7) is 2.82. The van der Waals surface area contributed by atoms with Crippen LogP contribution in [0.15, 0.2) is 18.2 Å². The lowest BCUT2D eigenvalue weighted by atomic mass is 10.1. The fourth-order valence-corrected chi connectivity index (χ4v) is 2.35. The summed E-state index contributed by atoms with van der Waals surface area (Å²) in [6, 6.07) is 5.49. The van der Waals surface area contributed by atoms with Crippen molar-refractivity contribution < 1.29 is 14.6 Å². The first-order valence-corrected chi connectivity index (χ1v) is 6.60. The molecule has 0 spiro atoms. The average Bonchev–Trinajstić information content (AvgIpc) is 2.47. The van der Waals surface area contributed by atoms with E-state index >= 15 is 0 Å². The first kappa shape index (κ1) is 14.8. The standard InChI is InChI=1S/C14H21N3O3/c1-19-13-3-2-10(14(15)16)6-11(13)7-17-4-5-20-12(8-17)9-18/h2-3,6,12,18H,4-5,7-9H2,1H3,(H3,15,16). The summed E-state index contributed by atoms with van der Waals surface area (Å²) in [4.78, 5) is 2.20. The molecule has 0 amide bonds. The number of nitrogen functional groups attached to an aromatic ring is 1. The summed E-state index contributed by atoms with van der Waals surface area (Å²) in [5, 5.41) is 16.7. The molecule has 1 aromatic carbocycles. The zero-order valence-electron chi connectivity index (χ0n) is 11.6. The van der Waals surface area contributed by atoms with Crippen molar-refractivity contribution in [1.82, 2.24) is 4.90 Å². The molecule has 4 N–H and O–H groups in total. The normalized spacial score (nSPS) is 19.8. The molecule has 0 aromatic heterocycles. The minimum absolute atomic E-state index is 0.0289. The van der Waals surface area contributed by atoms with Crippen LogP contribution in [0.5, 0.6) is 5.75 Å². The summed E-state index contributed by atoms with van der Waals surface area (Å²) in [7, 11) is 1.63. The van der Waals surface area contributed by atoms with Gasteiger partial charge >= 0.3 is 0 Å². The van der Waals surface area contributed by atoms with E-state index in [2.05, 4.69) is 4.90 Å².